The fraction of sp³-hybridized carbons (Fsp3) is 0.588. The average molecular weight is 360 g/mol. The first kappa shape index (κ1) is 20.2. The van der Waals surface area contributed by atoms with E-state index in [2.05, 4.69) is 10.2 Å². The quantitative estimate of drug-likeness (QED) is 0.849. The van der Waals surface area contributed by atoms with Gasteiger partial charge in [0, 0.05) is 17.6 Å². The van der Waals surface area contributed by atoms with Crippen LogP contribution < -0.4 is 11.1 Å². The topological polar surface area (TPSA) is 58.4 Å². The molecular formula is C17H27Cl2N3O. The number of amides is 1. The first-order valence-electron chi connectivity index (χ1n) is 7.99. The zero-order valence-corrected chi connectivity index (χ0v) is 15.4. The molecule has 0 saturated carbocycles. The number of piperidine rings is 1. The molecule has 23 heavy (non-hydrogen) atoms. The Labute approximate surface area is 150 Å². The molecule has 3 atom stereocenters. The van der Waals surface area contributed by atoms with E-state index in [9.17, 15) is 4.79 Å². The van der Waals surface area contributed by atoms with Crippen LogP contribution in [-0.4, -0.2) is 36.5 Å². The molecular weight excluding hydrogens is 333 g/mol. The number of carbonyl (C=O) groups excluding carboxylic acids is 1. The number of hydrogen-bond acceptors (Lipinski definition) is 3. The molecule has 0 aromatic heterocycles. The molecule has 1 aliphatic rings. The molecule has 0 spiro atoms. The van der Waals surface area contributed by atoms with Gasteiger partial charge in [0.05, 0.1) is 12.6 Å². The van der Waals surface area contributed by atoms with E-state index in [-0.39, 0.29) is 30.4 Å². The molecule has 1 aromatic carbocycles. The molecule has 3 N–H and O–H groups in total. The molecule has 1 heterocycles. The number of nitrogens with zero attached hydrogens (tertiary/aromatic N) is 1. The number of hydrogen-bond donors (Lipinski definition) is 2. The summed E-state index contributed by atoms with van der Waals surface area (Å²) in [5.41, 5.74) is 6.94. The Kier molecular flexibility index (Phi) is 8.34. The lowest BCUT2D eigenvalue weighted by Gasteiger charge is -2.34. The standard InChI is InChI=1S/C17H26ClN3O.ClH/c1-12(19)14-6-5-9-21(10-14)11-17(22)20-13(2)15-7-3-4-8-16(15)18;/h3-4,7-8,12-14H,5-6,9-11,19H2,1-2H3,(H,20,22);1H. The molecule has 1 amide bonds. The third-order valence-corrected chi connectivity index (χ3v) is 4.75. The van der Waals surface area contributed by atoms with Crippen molar-refractivity contribution in [2.75, 3.05) is 19.6 Å². The summed E-state index contributed by atoms with van der Waals surface area (Å²) in [6, 6.07) is 7.71. The number of nitrogens with one attached hydrogen (secondary N) is 1. The van der Waals surface area contributed by atoms with Crippen LogP contribution in [0.5, 0.6) is 0 Å². The van der Waals surface area contributed by atoms with Gasteiger partial charge in [-0.3, -0.25) is 9.69 Å². The number of rotatable bonds is 5. The molecule has 2 rings (SSSR count). The van der Waals surface area contributed by atoms with Crippen molar-refractivity contribution in [2.24, 2.45) is 11.7 Å². The predicted molar refractivity (Wildman–Crippen MR) is 98.1 cm³/mol. The summed E-state index contributed by atoms with van der Waals surface area (Å²) >= 11 is 6.17. The Bertz CT molecular complexity index is 510. The Hall–Kier alpha value is -0.810. The molecule has 1 saturated heterocycles. The minimum atomic E-state index is -0.0878. The summed E-state index contributed by atoms with van der Waals surface area (Å²) in [7, 11) is 0. The average Bonchev–Trinajstić information content (AvgIpc) is 2.47. The minimum absolute atomic E-state index is 0. The van der Waals surface area contributed by atoms with Crippen LogP contribution in [0.15, 0.2) is 24.3 Å². The second-order valence-corrected chi connectivity index (χ2v) is 6.71. The van der Waals surface area contributed by atoms with Crippen molar-refractivity contribution in [1.82, 2.24) is 10.2 Å². The van der Waals surface area contributed by atoms with Crippen LogP contribution in [0.4, 0.5) is 0 Å². The van der Waals surface area contributed by atoms with Crippen LogP contribution in [-0.2, 0) is 4.79 Å². The molecule has 0 radical (unpaired) electrons. The highest BCUT2D eigenvalue weighted by Crippen LogP contribution is 2.22. The summed E-state index contributed by atoms with van der Waals surface area (Å²) in [6.45, 7) is 6.31. The first-order chi connectivity index (χ1) is 10.5. The maximum absolute atomic E-state index is 12.3. The van der Waals surface area contributed by atoms with Gasteiger partial charge in [0.2, 0.25) is 5.91 Å². The molecule has 1 aromatic rings. The Morgan fingerprint density at radius 3 is 2.78 bits per heavy atom. The van der Waals surface area contributed by atoms with Crippen LogP contribution >= 0.6 is 24.0 Å². The highest BCUT2D eigenvalue weighted by atomic mass is 35.5. The molecule has 1 fully saturated rings. The van der Waals surface area contributed by atoms with Crippen molar-refractivity contribution in [3.8, 4) is 0 Å². The van der Waals surface area contributed by atoms with E-state index in [1.165, 1.54) is 0 Å². The van der Waals surface area contributed by atoms with E-state index in [1.54, 1.807) is 0 Å². The van der Waals surface area contributed by atoms with Crippen LogP contribution in [0.2, 0.25) is 5.02 Å². The largest absolute Gasteiger partial charge is 0.348 e. The lowest BCUT2D eigenvalue weighted by Crippen LogP contribution is -2.46. The molecule has 1 aliphatic heterocycles. The van der Waals surface area contributed by atoms with Crippen molar-refractivity contribution in [3.63, 3.8) is 0 Å². The maximum Gasteiger partial charge on any atom is 0.234 e. The summed E-state index contributed by atoms with van der Waals surface area (Å²) in [5, 5.41) is 3.72. The smallest absolute Gasteiger partial charge is 0.234 e. The third kappa shape index (κ3) is 5.96. The number of nitrogens with two attached hydrogens (primary N) is 1. The third-order valence-electron chi connectivity index (χ3n) is 4.40. The van der Waals surface area contributed by atoms with Crippen molar-refractivity contribution in [1.29, 1.82) is 0 Å². The van der Waals surface area contributed by atoms with Gasteiger partial charge in [0.1, 0.15) is 0 Å². The van der Waals surface area contributed by atoms with Gasteiger partial charge in [-0.15, -0.1) is 12.4 Å². The lowest BCUT2D eigenvalue weighted by molar-refractivity contribution is -0.123. The van der Waals surface area contributed by atoms with Crippen LogP contribution in [0.25, 0.3) is 0 Å². The van der Waals surface area contributed by atoms with Crippen molar-refractivity contribution in [3.05, 3.63) is 34.9 Å². The highest BCUT2D eigenvalue weighted by Gasteiger charge is 2.24. The maximum atomic E-state index is 12.3. The van der Waals surface area contributed by atoms with E-state index in [0.29, 0.717) is 17.5 Å². The SMILES string of the molecule is CC(NC(=O)CN1CCCC(C(C)N)C1)c1ccccc1Cl.Cl. The zero-order valence-electron chi connectivity index (χ0n) is 13.8. The zero-order chi connectivity index (χ0) is 16.1. The minimum Gasteiger partial charge on any atom is -0.348 e. The van der Waals surface area contributed by atoms with Crippen molar-refractivity contribution >= 4 is 29.9 Å². The fourth-order valence-electron chi connectivity index (χ4n) is 3.06. The van der Waals surface area contributed by atoms with Crippen LogP contribution in [0.3, 0.4) is 0 Å². The summed E-state index contributed by atoms with van der Waals surface area (Å²) in [4.78, 5) is 14.5. The van der Waals surface area contributed by atoms with Crippen LogP contribution in [0, 0.1) is 5.92 Å². The Balaban J connectivity index is 0.00000264. The Morgan fingerprint density at radius 1 is 1.43 bits per heavy atom. The van der Waals surface area contributed by atoms with E-state index >= 15 is 0 Å². The summed E-state index contributed by atoms with van der Waals surface area (Å²) in [5.74, 6) is 0.528. The highest BCUT2D eigenvalue weighted by molar-refractivity contribution is 6.31. The lowest BCUT2D eigenvalue weighted by atomic mass is 9.92. The molecule has 130 valence electrons. The number of halogens is 2. The second-order valence-electron chi connectivity index (χ2n) is 6.31. The molecule has 4 nitrogen and oxygen atoms in total. The van der Waals surface area contributed by atoms with Crippen molar-refractivity contribution in [2.45, 2.75) is 38.8 Å². The van der Waals surface area contributed by atoms with Gasteiger partial charge in [0.25, 0.3) is 0 Å². The van der Waals surface area contributed by atoms with E-state index in [0.717, 1.165) is 31.5 Å². The van der Waals surface area contributed by atoms with E-state index in [1.807, 2.05) is 38.1 Å². The van der Waals surface area contributed by atoms with Gasteiger partial charge >= 0.3 is 0 Å². The molecule has 3 unspecified atom stereocenters. The number of likely N-dealkylation sites (tertiary alicyclic amines) is 1. The first-order valence-corrected chi connectivity index (χ1v) is 8.37. The number of benzene rings is 1. The Morgan fingerprint density at radius 2 is 2.13 bits per heavy atom. The van der Waals surface area contributed by atoms with E-state index < -0.39 is 0 Å². The van der Waals surface area contributed by atoms with E-state index in [4.69, 9.17) is 17.3 Å². The monoisotopic (exact) mass is 359 g/mol. The predicted octanol–water partition coefficient (Wildman–Crippen LogP) is 3.00. The molecule has 0 bridgehead atoms. The van der Waals surface area contributed by atoms with Gasteiger partial charge < -0.3 is 11.1 Å². The van der Waals surface area contributed by atoms with Gasteiger partial charge in [0.15, 0.2) is 0 Å². The summed E-state index contributed by atoms with van der Waals surface area (Å²) < 4.78 is 0. The fourth-order valence-corrected chi connectivity index (χ4v) is 3.36. The van der Waals surface area contributed by atoms with Gasteiger partial charge in [-0.2, -0.15) is 0 Å². The second kappa shape index (κ2) is 9.48. The molecule has 6 heteroatoms. The van der Waals surface area contributed by atoms with Gasteiger partial charge in [-0.25, -0.2) is 0 Å². The van der Waals surface area contributed by atoms with Crippen LogP contribution in [0.1, 0.15) is 38.3 Å². The number of carbonyl (C=O) groups is 1. The molecule has 0 aliphatic carbocycles. The van der Waals surface area contributed by atoms with Gasteiger partial charge in [-0.05, 0) is 50.8 Å². The van der Waals surface area contributed by atoms with Gasteiger partial charge in [-0.1, -0.05) is 29.8 Å². The van der Waals surface area contributed by atoms with Crippen molar-refractivity contribution < 1.29 is 4.79 Å². The summed E-state index contributed by atoms with van der Waals surface area (Å²) in [6.07, 6.45) is 2.27. The normalized spacial score (nSPS) is 21.1.